The molecule has 1 aromatic rings. The molecule has 0 radical (unpaired) electrons. The van der Waals surface area contributed by atoms with Crippen molar-refractivity contribution in [1.82, 2.24) is 4.98 Å². The Labute approximate surface area is 66.7 Å². The third-order valence-electron chi connectivity index (χ3n) is 0.930. The number of rotatable bonds is 1. The molecule has 0 amide bonds. The van der Waals surface area contributed by atoms with E-state index in [-0.39, 0.29) is 5.75 Å². The van der Waals surface area contributed by atoms with E-state index < -0.39 is 0 Å². The molecule has 0 bridgehead atoms. The Bertz CT molecular complexity index is 184. The van der Waals surface area contributed by atoms with Crippen molar-refractivity contribution in [1.29, 1.82) is 0 Å². The zero-order valence-corrected chi connectivity index (χ0v) is 7.03. The lowest BCUT2D eigenvalue weighted by atomic mass is 10.4. The first-order chi connectivity index (χ1) is 5.33. The van der Waals surface area contributed by atoms with Crippen molar-refractivity contribution in [2.75, 3.05) is 7.11 Å². The third-order valence-corrected chi connectivity index (χ3v) is 0.930. The summed E-state index contributed by atoms with van der Waals surface area (Å²) in [5.74, 6) is 0.656. The number of methoxy groups -OCH3 is 1. The van der Waals surface area contributed by atoms with Gasteiger partial charge < -0.3 is 9.84 Å². The smallest absolute Gasteiger partial charge is 0.213 e. The first-order valence-electron chi connectivity index (χ1n) is 3.52. The predicted molar refractivity (Wildman–Crippen MR) is 43.8 cm³/mol. The van der Waals surface area contributed by atoms with Crippen molar-refractivity contribution in [2.45, 2.75) is 13.8 Å². The van der Waals surface area contributed by atoms with E-state index in [2.05, 4.69) is 4.98 Å². The van der Waals surface area contributed by atoms with Gasteiger partial charge in [0.05, 0.1) is 13.3 Å². The van der Waals surface area contributed by atoms with Crippen LogP contribution in [-0.4, -0.2) is 17.2 Å². The highest BCUT2D eigenvalue weighted by Gasteiger charge is 1.89. The maximum Gasteiger partial charge on any atom is 0.213 e. The molecule has 0 aliphatic rings. The predicted octanol–water partition coefficient (Wildman–Crippen LogP) is 1.82. The van der Waals surface area contributed by atoms with Crippen molar-refractivity contribution in [3.63, 3.8) is 0 Å². The van der Waals surface area contributed by atoms with Gasteiger partial charge in [-0.2, -0.15) is 0 Å². The van der Waals surface area contributed by atoms with Crippen LogP contribution in [0.1, 0.15) is 13.8 Å². The van der Waals surface area contributed by atoms with Gasteiger partial charge in [-0.05, 0) is 6.07 Å². The highest BCUT2D eigenvalue weighted by atomic mass is 16.5. The highest BCUT2D eigenvalue weighted by Crippen LogP contribution is 2.10. The van der Waals surface area contributed by atoms with Crippen molar-refractivity contribution >= 4 is 0 Å². The molecule has 0 atom stereocenters. The van der Waals surface area contributed by atoms with Crippen LogP contribution in [0.4, 0.5) is 0 Å². The second kappa shape index (κ2) is 5.53. The Morgan fingerprint density at radius 1 is 1.36 bits per heavy atom. The van der Waals surface area contributed by atoms with Crippen LogP contribution in [0, 0.1) is 0 Å². The molecule has 0 spiro atoms. The first-order valence-corrected chi connectivity index (χ1v) is 3.52. The zero-order valence-electron chi connectivity index (χ0n) is 7.03. The molecule has 0 aromatic carbocycles. The maximum atomic E-state index is 8.73. The summed E-state index contributed by atoms with van der Waals surface area (Å²) >= 11 is 0. The summed E-state index contributed by atoms with van der Waals surface area (Å²) in [7, 11) is 1.53. The van der Waals surface area contributed by atoms with E-state index in [9.17, 15) is 0 Å². The van der Waals surface area contributed by atoms with E-state index in [1.54, 1.807) is 6.07 Å². The minimum absolute atomic E-state index is 0.149. The fraction of sp³-hybridized carbons (Fsp3) is 0.375. The van der Waals surface area contributed by atoms with Crippen LogP contribution in [0.3, 0.4) is 0 Å². The average molecular weight is 155 g/mol. The summed E-state index contributed by atoms with van der Waals surface area (Å²) in [4.78, 5) is 3.72. The van der Waals surface area contributed by atoms with Gasteiger partial charge in [-0.3, -0.25) is 0 Å². The molecule has 0 unspecified atom stereocenters. The van der Waals surface area contributed by atoms with Gasteiger partial charge in [0.1, 0.15) is 5.75 Å². The standard InChI is InChI=1S/C6H7NO2.C2H6/c1-9-6-3-2-5(8)4-7-6;1-2/h2-4,8H,1H3;1-2H3. The SMILES string of the molecule is CC.COc1ccc(O)cn1. The molecule has 1 heterocycles. The zero-order chi connectivity index (χ0) is 8.69. The summed E-state index contributed by atoms with van der Waals surface area (Å²) < 4.78 is 4.75. The molecular formula is C8H13NO2. The number of nitrogens with zero attached hydrogens (tertiary/aromatic N) is 1. The van der Waals surface area contributed by atoms with E-state index >= 15 is 0 Å². The number of hydrogen-bond donors (Lipinski definition) is 1. The Balaban J connectivity index is 0.000000461. The van der Waals surface area contributed by atoms with Crippen molar-refractivity contribution in [3.8, 4) is 11.6 Å². The van der Waals surface area contributed by atoms with Gasteiger partial charge >= 0.3 is 0 Å². The Morgan fingerprint density at radius 3 is 2.36 bits per heavy atom. The van der Waals surface area contributed by atoms with Gasteiger partial charge in [-0.15, -0.1) is 0 Å². The summed E-state index contributed by atoms with van der Waals surface area (Å²) in [6.45, 7) is 4.00. The molecule has 0 aliphatic heterocycles. The van der Waals surface area contributed by atoms with E-state index in [1.807, 2.05) is 13.8 Å². The van der Waals surface area contributed by atoms with Crippen LogP contribution in [0.2, 0.25) is 0 Å². The van der Waals surface area contributed by atoms with Crippen molar-refractivity contribution in [3.05, 3.63) is 18.3 Å². The molecule has 0 saturated heterocycles. The van der Waals surface area contributed by atoms with Crippen LogP contribution in [0.25, 0.3) is 0 Å². The lowest BCUT2D eigenvalue weighted by Gasteiger charge is -1.95. The quantitative estimate of drug-likeness (QED) is 0.672. The van der Waals surface area contributed by atoms with Gasteiger partial charge in [-0.25, -0.2) is 4.98 Å². The van der Waals surface area contributed by atoms with Crippen molar-refractivity contribution in [2.24, 2.45) is 0 Å². The summed E-state index contributed by atoms with van der Waals surface area (Å²) in [6.07, 6.45) is 1.33. The fourth-order valence-corrected chi connectivity index (χ4v) is 0.493. The molecule has 1 N–H and O–H groups in total. The second-order valence-corrected chi connectivity index (χ2v) is 1.56. The topological polar surface area (TPSA) is 42.4 Å². The lowest BCUT2D eigenvalue weighted by molar-refractivity contribution is 0.394. The Hall–Kier alpha value is -1.25. The van der Waals surface area contributed by atoms with E-state index in [1.165, 1.54) is 19.4 Å². The molecule has 3 heteroatoms. The van der Waals surface area contributed by atoms with Crippen LogP contribution < -0.4 is 4.74 Å². The number of pyridine rings is 1. The van der Waals surface area contributed by atoms with Gasteiger partial charge in [-0.1, -0.05) is 13.8 Å². The molecule has 62 valence electrons. The molecule has 1 rings (SSSR count). The fourth-order valence-electron chi connectivity index (χ4n) is 0.493. The van der Waals surface area contributed by atoms with Crippen LogP contribution >= 0.6 is 0 Å². The normalized spacial score (nSPS) is 7.91. The van der Waals surface area contributed by atoms with Gasteiger partial charge in [0.2, 0.25) is 5.88 Å². The second-order valence-electron chi connectivity index (χ2n) is 1.56. The van der Waals surface area contributed by atoms with E-state index in [0.29, 0.717) is 5.88 Å². The molecular weight excluding hydrogens is 142 g/mol. The summed E-state index contributed by atoms with van der Waals surface area (Å²) in [5, 5.41) is 8.73. The minimum Gasteiger partial charge on any atom is -0.506 e. The van der Waals surface area contributed by atoms with Crippen LogP contribution in [-0.2, 0) is 0 Å². The molecule has 0 saturated carbocycles. The molecule has 3 nitrogen and oxygen atoms in total. The number of hydrogen-bond acceptors (Lipinski definition) is 3. The third kappa shape index (κ3) is 3.45. The van der Waals surface area contributed by atoms with Gasteiger partial charge in [0, 0.05) is 6.07 Å². The number of aromatic hydroxyl groups is 1. The van der Waals surface area contributed by atoms with Crippen LogP contribution in [0.5, 0.6) is 11.6 Å². The van der Waals surface area contributed by atoms with Crippen molar-refractivity contribution < 1.29 is 9.84 Å². The van der Waals surface area contributed by atoms with Crippen LogP contribution in [0.15, 0.2) is 18.3 Å². The average Bonchev–Trinajstić information content (AvgIpc) is 2.10. The van der Waals surface area contributed by atoms with Gasteiger partial charge in [0.15, 0.2) is 0 Å². The Morgan fingerprint density at radius 2 is 2.00 bits per heavy atom. The number of aromatic nitrogens is 1. The monoisotopic (exact) mass is 155 g/mol. The molecule has 0 fully saturated rings. The largest absolute Gasteiger partial charge is 0.506 e. The molecule has 11 heavy (non-hydrogen) atoms. The first kappa shape index (κ1) is 9.75. The minimum atomic E-state index is 0.149. The maximum absolute atomic E-state index is 8.73. The lowest BCUT2D eigenvalue weighted by Crippen LogP contribution is -1.84. The van der Waals surface area contributed by atoms with E-state index in [4.69, 9.17) is 9.84 Å². The summed E-state index contributed by atoms with van der Waals surface area (Å²) in [5.41, 5.74) is 0. The summed E-state index contributed by atoms with van der Waals surface area (Å²) in [6, 6.07) is 3.11. The Kier molecular flexibility index (Phi) is 4.90. The number of ether oxygens (including phenoxy) is 1. The van der Waals surface area contributed by atoms with Gasteiger partial charge in [0.25, 0.3) is 0 Å². The molecule has 0 aliphatic carbocycles. The van der Waals surface area contributed by atoms with E-state index in [0.717, 1.165) is 0 Å². The highest BCUT2D eigenvalue weighted by molar-refractivity contribution is 5.20. The molecule has 1 aromatic heterocycles.